The summed E-state index contributed by atoms with van der Waals surface area (Å²) in [4.78, 5) is 13.4. The van der Waals surface area contributed by atoms with Gasteiger partial charge in [0.05, 0.1) is 5.69 Å². The predicted molar refractivity (Wildman–Crippen MR) is 73.1 cm³/mol. The number of anilines is 2. The van der Waals surface area contributed by atoms with Crippen molar-refractivity contribution < 1.29 is 4.79 Å². The average Bonchev–Trinajstić information content (AvgIpc) is 2.66. The van der Waals surface area contributed by atoms with Gasteiger partial charge in [0.2, 0.25) is 5.91 Å². The third-order valence-electron chi connectivity index (χ3n) is 2.86. The molecule has 16 heavy (non-hydrogen) atoms. The fourth-order valence-corrected chi connectivity index (χ4v) is 2.96. The van der Waals surface area contributed by atoms with Crippen LogP contribution in [0.1, 0.15) is 12.8 Å². The van der Waals surface area contributed by atoms with Gasteiger partial charge in [-0.25, -0.2) is 0 Å². The van der Waals surface area contributed by atoms with Crippen LogP contribution in [-0.4, -0.2) is 18.5 Å². The Morgan fingerprint density at radius 2 is 2.25 bits per heavy atom. The molecule has 0 spiro atoms. The lowest BCUT2D eigenvalue weighted by atomic mass is 10.2. The van der Waals surface area contributed by atoms with Crippen molar-refractivity contribution in [3.05, 3.63) is 21.8 Å². The van der Waals surface area contributed by atoms with Crippen molar-refractivity contribution in [3.8, 4) is 0 Å². The number of carbonyl (C=O) groups is 1. The number of hydrogen-bond donors (Lipinski definition) is 2. The topological polar surface area (TPSA) is 72.4 Å². The van der Waals surface area contributed by atoms with Crippen LogP contribution in [0.5, 0.6) is 0 Å². The second-order valence-corrected chi connectivity index (χ2v) is 5.13. The summed E-state index contributed by atoms with van der Waals surface area (Å²) in [5, 5.41) is 0. The monoisotopic (exact) mass is 331 g/mol. The number of nitrogens with two attached hydrogens (primary N) is 2. The smallest absolute Gasteiger partial charge is 0.240 e. The van der Waals surface area contributed by atoms with E-state index in [1.165, 1.54) is 0 Å². The van der Waals surface area contributed by atoms with E-state index in [1.54, 1.807) is 0 Å². The minimum absolute atomic E-state index is 0.169. The molecule has 0 saturated carbocycles. The Kier molecular flexibility index (Phi) is 3.22. The first-order valence-electron chi connectivity index (χ1n) is 5.20. The van der Waals surface area contributed by atoms with Crippen molar-refractivity contribution in [2.75, 3.05) is 17.2 Å². The molecular formula is C11H14IN3O. The van der Waals surface area contributed by atoms with Gasteiger partial charge < -0.3 is 16.4 Å². The lowest BCUT2D eigenvalue weighted by molar-refractivity contribution is -0.119. The van der Waals surface area contributed by atoms with Crippen LogP contribution in [0.3, 0.4) is 0 Å². The number of nitrogens with zero attached hydrogens (tertiary/aromatic N) is 1. The summed E-state index contributed by atoms with van der Waals surface area (Å²) in [5.41, 5.74) is 12.9. The van der Waals surface area contributed by atoms with Gasteiger partial charge in [-0.15, -0.1) is 0 Å². The summed E-state index contributed by atoms with van der Waals surface area (Å²) in [6, 6.07) is 5.55. The molecule has 1 unspecified atom stereocenters. The number of benzene rings is 1. The molecule has 86 valence electrons. The molecule has 1 saturated heterocycles. The fraction of sp³-hybridized carbons (Fsp3) is 0.364. The normalized spacial score (nSPS) is 20.1. The Hall–Kier alpha value is -0.980. The highest BCUT2D eigenvalue weighted by molar-refractivity contribution is 14.1. The lowest BCUT2D eigenvalue weighted by Gasteiger charge is -2.25. The zero-order valence-corrected chi connectivity index (χ0v) is 11.0. The summed E-state index contributed by atoms with van der Waals surface area (Å²) < 4.78 is 1.06. The standard InChI is InChI=1S/C11H14IN3O/c12-8-6-7(13)3-4-9(8)15-5-1-2-10(15)11(14)16/h3-4,6,10H,1-2,5,13H2,(H2,14,16). The van der Waals surface area contributed by atoms with Gasteiger partial charge in [-0.3, -0.25) is 4.79 Å². The molecular weight excluding hydrogens is 317 g/mol. The van der Waals surface area contributed by atoms with Crippen molar-refractivity contribution in [3.63, 3.8) is 0 Å². The van der Waals surface area contributed by atoms with Crippen molar-refractivity contribution in [2.24, 2.45) is 5.73 Å². The quantitative estimate of drug-likeness (QED) is 0.634. The number of amides is 1. The maximum Gasteiger partial charge on any atom is 0.240 e. The van der Waals surface area contributed by atoms with Crippen molar-refractivity contribution in [2.45, 2.75) is 18.9 Å². The van der Waals surface area contributed by atoms with Crippen LogP contribution >= 0.6 is 22.6 Å². The Bertz CT molecular complexity index is 422. The van der Waals surface area contributed by atoms with Crippen LogP contribution in [-0.2, 0) is 4.79 Å². The Morgan fingerprint density at radius 3 is 2.88 bits per heavy atom. The summed E-state index contributed by atoms with van der Waals surface area (Å²) in [7, 11) is 0. The number of nitrogen functional groups attached to an aromatic ring is 1. The molecule has 5 heteroatoms. The van der Waals surface area contributed by atoms with Gasteiger partial charge in [-0.2, -0.15) is 0 Å². The summed E-state index contributed by atoms with van der Waals surface area (Å²) >= 11 is 2.24. The second kappa shape index (κ2) is 4.48. The van der Waals surface area contributed by atoms with Crippen LogP contribution in [0.15, 0.2) is 18.2 Å². The Balaban J connectivity index is 2.32. The Labute approximate surface area is 108 Å². The molecule has 0 radical (unpaired) electrons. The molecule has 0 bridgehead atoms. The van der Waals surface area contributed by atoms with Crippen LogP contribution in [0.25, 0.3) is 0 Å². The van der Waals surface area contributed by atoms with Gasteiger partial charge in [0, 0.05) is 15.8 Å². The molecule has 1 aliphatic rings. The predicted octanol–water partition coefficient (Wildman–Crippen LogP) is 1.33. The van der Waals surface area contributed by atoms with Crippen molar-refractivity contribution in [1.29, 1.82) is 0 Å². The van der Waals surface area contributed by atoms with Crippen LogP contribution < -0.4 is 16.4 Å². The van der Waals surface area contributed by atoms with E-state index in [-0.39, 0.29) is 11.9 Å². The van der Waals surface area contributed by atoms with E-state index in [9.17, 15) is 4.79 Å². The summed E-state index contributed by atoms with van der Waals surface area (Å²) in [5.74, 6) is -0.245. The van der Waals surface area contributed by atoms with E-state index in [0.29, 0.717) is 0 Å². The Morgan fingerprint density at radius 1 is 1.50 bits per heavy atom. The van der Waals surface area contributed by atoms with Gasteiger partial charge in [0.15, 0.2) is 0 Å². The minimum atomic E-state index is -0.245. The largest absolute Gasteiger partial charge is 0.399 e. The molecule has 1 heterocycles. The molecule has 0 aromatic heterocycles. The molecule has 1 amide bonds. The van der Waals surface area contributed by atoms with E-state index in [4.69, 9.17) is 11.5 Å². The molecule has 1 atom stereocenters. The molecule has 1 aromatic carbocycles. The summed E-state index contributed by atoms with van der Waals surface area (Å²) in [6.07, 6.45) is 1.85. The van der Waals surface area contributed by atoms with Gasteiger partial charge >= 0.3 is 0 Å². The van der Waals surface area contributed by atoms with E-state index >= 15 is 0 Å². The third-order valence-corrected chi connectivity index (χ3v) is 3.73. The number of halogens is 1. The third kappa shape index (κ3) is 2.09. The van der Waals surface area contributed by atoms with Crippen LogP contribution in [0.2, 0.25) is 0 Å². The highest BCUT2D eigenvalue weighted by Crippen LogP contribution is 2.30. The van der Waals surface area contributed by atoms with Gasteiger partial charge in [-0.1, -0.05) is 0 Å². The molecule has 4 N–H and O–H groups in total. The summed E-state index contributed by atoms with van der Waals surface area (Å²) in [6.45, 7) is 0.882. The number of rotatable bonds is 2. The molecule has 2 rings (SSSR count). The lowest BCUT2D eigenvalue weighted by Crippen LogP contribution is -2.40. The zero-order valence-electron chi connectivity index (χ0n) is 8.82. The van der Waals surface area contributed by atoms with Crippen LogP contribution in [0.4, 0.5) is 11.4 Å². The van der Waals surface area contributed by atoms with Crippen LogP contribution in [0, 0.1) is 3.57 Å². The first-order chi connectivity index (χ1) is 7.59. The minimum Gasteiger partial charge on any atom is -0.399 e. The molecule has 1 aromatic rings. The molecule has 0 aliphatic carbocycles. The van der Waals surface area contributed by atoms with Gasteiger partial charge in [0.25, 0.3) is 0 Å². The molecule has 4 nitrogen and oxygen atoms in total. The molecule has 1 aliphatic heterocycles. The fourth-order valence-electron chi connectivity index (χ4n) is 2.11. The van der Waals surface area contributed by atoms with E-state index in [1.807, 2.05) is 18.2 Å². The maximum absolute atomic E-state index is 11.3. The number of primary amides is 1. The average molecular weight is 331 g/mol. The van der Waals surface area contributed by atoms with Gasteiger partial charge in [-0.05, 0) is 53.6 Å². The first kappa shape index (κ1) is 11.5. The second-order valence-electron chi connectivity index (χ2n) is 3.96. The number of carbonyl (C=O) groups excluding carboxylic acids is 1. The zero-order chi connectivity index (χ0) is 11.7. The highest BCUT2D eigenvalue weighted by atomic mass is 127. The van der Waals surface area contributed by atoms with E-state index in [2.05, 4.69) is 27.5 Å². The first-order valence-corrected chi connectivity index (χ1v) is 6.28. The van der Waals surface area contributed by atoms with Crippen molar-refractivity contribution in [1.82, 2.24) is 0 Å². The molecule has 1 fully saturated rings. The maximum atomic E-state index is 11.3. The SMILES string of the molecule is NC(=O)C1CCCN1c1ccc(N)cc1I. The van der Waals surface area contributed by atoms with Gasteiger partial charge in [0.1, 0.15) is 6.04 Å². The van der Waals surface area contributed by atoms with E-state index < -0.39 is 0 Å². The van der Waals surface area contributed by atoms with Crippen molar-refractivity contribution >= 4 is 39.9 Å². The highest BCUT2D eigenvalue weighted by Gasteiger charge is 2.30. The van der Waals surface area contributed by atoms with E-state index in [0.717, 1.165) is 34.3 Å². The number of hydrogen-bond acceptors (Lipinski definition) is 3.